The molecule has 1 aliphatic rings. The molecule has 3 rings (SSSR count). The molecular formula is C21H24FNO3. The molecule has 0 saturated heterocycles. The van der Waals surface area contributed by atoms with Gasteiger partial charge in [-0.25, -0.2) is 4.39 Å². The van der Waals surface area contributed by atoms with Crippen molar-refractivity contribution in [1.82, 2.24) is 0 Å². The number of carbonyl (C=O) groups is 1. The van der Waals surface area contributed by atoms with E-state index < -0.39 is 11.9 Å². The smallest absolute Gasteiger partial charge is 0.227 e. The van der Waals surface area contributed by atoms with E-state index in [-0.39, 0.29) is 12.3 Å². The Morgan fingerprint density at radius 3 is 2.62 bits per heavy atom. The number of hydrogen-bond acceptors (Lipinski definition) is 3. The highest BCUT2D eigenvalue weighted by atomic mass is 19.1. The van der Waals surface area contributed by atoms with E-state index in [1.54, 1.807) is 6.07 Å². The van der Waals surface area contributed by atoms with E-state index in [0.29, 0.717) is 24.0 Å². The number of aliphatic hydroxyl groups excluding tert-OH is 1. The summed E-state index contributed by atoms with van der Waals surface area (Å²) in [7, 11) is 0. The van der Waals surface area contributed by atoms with Gasteiger partial charge in [0.2, 0.25) is 5.91 Å². The standard InChI is InChI=1S/C21H24FNO3/c22-17-5-3-4-16(12-17)20(24)13-21(25)23-18-10-8-15(9-11-18)14-26-19-6-1-2-7-19/h3-5,8-12,19-20,24H,1-2,6-7,13-14H2,(H,23,25). The van der Waals surface area contributed by atoms with Gasteiger partial charge in [0.25, 0.3) is 0 Å². The van der Waals surface area contributed by atoms with Crippen molar-refractivity contribution >= 4 is 11.6 Å². The number of ether oxygens (including phenoxy) is 1. The summed E-state index contributed by atoms with van der Waals surface area (Å²) in [5.41, 5.74) is 2.11. The Bertz CT molecular complexity index is 726. The number of anilines is 1. The maximum absolute atomic E-state index is 13.2. The molecule has 2 aromatic carbocycles. The number of nitrogens with one attached hydrogen (secondary N) is 1. The normalized spacial score (nSPS) is 15.8. The van der Waals surface area contributed by atoms with Crippen LogP contribution in [0.3, 0.4) is 0 Å². The highest BCUT2D eigenvalue weighted by Gasteiger charge is 2.16. The summed E-state index contributed by atoms with van der Waals surface area (Å²) >= 11 is 0. The fourth-order valence-electron chi connectivity index (χ4n) is 3.17. The van der Waals surface area contributed by atoms with E-state index in [2.05, 4.69) is 5.32 Å². The van der Waals surface area contributed by atoms with E-state index in [0.717, 1.165) is 18.4 Å². The van der Waals surface area contributed by atoms with Crippen molar-refractivity contribution in [1.29, 1.82) is 0 Å². The molecule has 26 heavy (non-hydrogen) atoms. The third-order valence-electron chi connectivity index (χ3n) is 4.64. The molecule has 0 aromatic heterocycles. The number of hydrogen-bond donors (Lipinski definition) is 2. The van der Waals surface area contributed by atoms with Gasteiger partial charge in [0.1, 0.15) is 5.82 Å². The first-order chi connectivity index (χ1) is 12.6. The molecule has 2 aromatic rings. The Morgan fingerprint density at radius 1 is 1.19 bits per heavy atom. The van der Waals surface area contributed by atoms with Crippen molar-refractivity contribution in [3.63, 3.8) is 0 Å². The Labute approximate surface area is 153 Å². The second-order valence-corrected chi connectivity index (χ2v) is 6.74. The molecule has 4 nitrogen and oxygen atoms in total. The van der Waals surface area contributed by atoms with Crippen molar-refractivity contribution in [3.8, 4) is 0 Å². The third kappa shape index (κ3) is 5.38. The van der Waals surface area contributed by atoms with Gasteiger partial charge in [0.05, 0.1) is 25.2 Å². The monoisotopic (exact) mass is 357 g/mol. The van der Waals surface area contributed by atoms with Gasteiger partial charge in [0, 0.05) is 5.69 Å². The maximum Gasteiger partial charge on any atom is 0.227 e. The molecule has 1 unspecified atom stereocenters. The molecule has 0 bridgehead atoms. The van der Waals surface area contributed by atoms with Crippen LogP contribution < -0.4 is 5.32 Å². The van der Waals surface area contributed by atoms with Crippen LogP contribution in [0.4, 0.5) is 10.1 Å². The minimum atomic E-state index is -1.04. The molecule has 0 heterocycles. The van der Waals surface area contributed by atoms with Crippen LogP contribution in [-0.2, 0) is 16.1 Å². The molecule has 1 aliphatic carbocycles. The maximum atomic E-state index is 13.2. The molecule has 2 N–H and O–H groups in total. The summed E-state index contributed by atoms with van der Waals surface area (Å²) in [6.07, 6.45) is 3.98. The number of benzene rings is 2. The van der Waals surface area contributed by atoms with Crippen LogP contribution in [0.1, 0.15) is 49.3 Å². The zero-order valence-corrected chi connectivity index (χ0v) is 14.7. The summed E-state index contributed by atoms with van der Waals surface area (Å²) in [6, 6.07) is 13.1. The lowest BCUT2D eigenvalue weighted by Crippen LogP contribution is -2.15. The quantitative estimate of drug-likeness (QED) is 0.775. The fraction of sp³-hybridized carbons (Fsp3) is 0.381. The molecule has 0 aliphatic heterocycles. The molecule has 5 heteroatoms. The van der Waals surface area contributed by atoms with Gasteiger partial charge >= 0.3 is 0 Å². The van der Waals surface area contributed by atoms with Gasteiger partial charge in [0.15, 0.2) is 0 Å². The van der Waals surface area contributed by atoms with E-state index in [1.165, 1.54) is 31.0 Å². The zero-order chi connectivity index (χ0) is 18.4. The Kier molecular flexibility index (Phi) is 6.36. The second kappa shape index (κ2) is 8.92. The first-order valence-electron chi connectivity index (χ1n) is 9.04. The van der Waals surface area contributed by atoms with Crippen molar-refractivity contribution in [2.24, 2.45) is 0 Å². The van der Waals surface area contributed by atoms with Crippen molar-refractivity contribution < 1.29 is 19.0 Å². The van der Waals surface area contributed by atoms with Gasteiger partial charge in [-0.1, -0.05) is 37.1 Å². The van der Waals surface area contributed by atoms with Gasteiger partial charge in [-0.15, -0.1) is 0 Å². The molecule has 1 saturated carbocycles. The van der Waals surface area contributed by atoms with E-state index in [1.807, 2.05) is 24.3 Å². The first-order valence-corrected chi connectivity index (χ1v) is 9.04. The lowest BCUT2D eigenvalue weighted by molar-refractivity contribution is -0.118. The van der Waals surface area contributed by atoms with Crippen LogP contribution in [0, 0.1) is 5.82 Å². The molecule has 1 atom stereocenters. The topological polar surface area (TPSA) is 58.6 Å². The minimum Gasteiger partial charge on any atom is -0.388 e. The molecular weight excluding hydrogens is 333 g/mol. The van der Waals surface area contributed by atoms with Crippen molar-refractivity contribution in [3.05, 3.63) is 65.5 Å². The van der Waals surface area contributed by atoms with Crippen molar-refractivity contribution in [2.45, 2.75) is 50.9 Å². The SMILES string of the molecule is O=C(CC(O)c1cccc(F)c1)Nc1ccc(COC2CCCC2)cc1. The predicted molar refractivity (Wildman–Crippen MR) is 98.1 cm³/mol. The largest absolute Gasteiger partial charge is 0.388 e. The molecule has 1 amide bonds. The molecule has 0 radical (unpaired) electrons. The lowest BCUT2D eigenvalue weighted by Gasteiger charge is -2.13. The molecule has 138 valence electrons. The third-order valence-corrected chi connectivity index (χ3v) is 4.64. The second-order valence-electron chi connectivity index (χ2n) is 6.74. The zero-order valence-electron chi connectivity index (χ0n) is 14.7. The fourth-order valence-corrected chi connectivity index (χ4v) is 3.17. The summed E-state index contributed by atoms with van der Waals surface area (Å²) < 4.78 is 19.1. The number of aliphatic hydroxyl groups is 1. The Morgan fingerprint density at radius 2 is 1.92 bits per heavy atom. The summed E-state index contributed by atoms with van der Waals surface area (Å²) in [5, 5.41) is 12.8. The minimum absolute atomic E-state index is 0.129. The number of amides is 1. The average Bonchev–Trinajstić information content (AvgIpc) is 3.14. The van der Waals surface area contributed by atoms with E-state index in [4.69, 9.17) is 4.74 Å². The van der Waals surface area contributed by atoms with Gasteiger partial charge in [-0.2, -0.15) is 0 Å². The number of rotatable bonds is 7. The highest BCUT2D eigenvalue weighted by Crippen LogP contribution is 2.23. The van der Waals surface area contributed by atoms with Crippen LogP contribution in [0.5, 0.6) is 0 Å². The summed E-state index contributed by atoms with van der Waals surface area (Å²) in [5.74, 6) is -0.755. The van der Waals surface area contributed by atoms with Crippen LogP contribution >= 0.6 is 0 Å². The van der Waals surface area contributed by atoms with Crippen LogP contribution in [0.25, 0.3) is 0 Å². The van der Waals surface area contributed by atoms with Gasteiger partial charge < -0.3 is 15.2 Å². The van der Waals surface area contributed by atoms with Crippen LogP contribution in [0.2, 0.25) is 0 Å². The first kappa shape index (κ1) is 18.5. The van der Waals surface area contributed by atoms with Crippen LogP contribution in [-0.4, -0.2) is 17.1 Å². The van der Waals surface area contributed by atoms with Crippen molar-refractivity contribution in [2.75, 3.05) is 5.32 Å². The lowest BCUT2D eigenvalue weighted by atomic mass is 10.1. The average molecular weight is 357 g/mol. The van der Waals surface area contributed by atoms with E-state index in [9.17, 15) is 14.3 Å². The Balaban J connectivity index is 1.47. The predicted octanol–water partition coefficient (Wildman–Crippen LogP) is 4.35. The number of halogens is 1. The van der Waals surface area contributed by atoms with Crippen LogP contribution in [0.15, 0.2) is 48.5 Å². The highest BCUT2D eigenvalue weighted by molar-refractivity contribution is 5.91. The number of carbonyl (C=O) groups excluding carboxylic acids is 1. The molecule has 1 fully saturated rings. The van der Waals surface area contributed by atoms with E-state index >= 15 is 0 Å². The Hall–Kier alpha value is -2.24. The summed E-state index contributed by atoms with van der Waals surface area (Å²) in [4.78, 5) is 12.1. The van der Waals surface area contributed by atoms with Gasteiger partial charge in [-0.05, 0) is 48.2 Å². The van der Waals surface area contributed by atoms with Gasteiger partial charge in [-0.3, -0.25) is 4.79 Å². The molecule has 0 spiro atoms. The summed E-state index contributed by atoms with van der Waals surface area (Å²) in [6.45, 7) is 0.581.